The Kier molecular flexibility index (Phi) is 4.20. The molecule has 17 heavy (non-hydrogen) atoms. The molecule has 0 saturated heterocycles. The van der Waals surface area contributed by atoms with Crippen molar-refractivity contribution in [3.63, 3.8) is 0 Å². The molecule has 2 rings (SSSR count). The molecule has 0 aliphatic heterocycles. The van der Waals surface area contributed by atoms with E-state index < -0.39 is 0 Å². The van der Waals surface area contributed by atoms with Crippen molar-refractivity contribution in [2.24, 2.45) is 0 Å². The predicted octanol–water partition coefficient (Wildman–Crippen LogP) is 3.72. The van der Waals surface area contributed by atoms with Crippen LogP contribution >= 0.6 is 27.3 Å². The van der Waals surface area contributed by atoms with Gasteiger partial charge in [-0.3, -0.25) is 4.90 Å². The molecule has 2 aromatic rings. The van der Waals surface area contributed by atoms with Crippen molar-refractivity contribution in [1.29, 1.82) is 0 Å². The van der Waals surface area contributed by atoms with Gasteiger partial charge in [0.15, 0.2) is 0 Å². The predicted molar refractivity (Wildman–Crippen MR) is 78.0 cm³/mol. The van der Waals surface area contributed by atoms with E-state index in [-0.39, 0.29) is 0 Å². The molecule has 90 valence electrons. The summed E-state index contributed by atoms with van der Waals surface area (Å²) in [6.45, 7) is 1.88. The molecule has 2 N–H and O–H groups in total. The smallest absolute Gasteiger partial charge is 0.0461 e. The van der Waals surface area contributed by atoms with Crippen LogP contribution in [0.1, 0.15) is 11.1 Å². The molecule has 2 nitrogen and oxygen atoms in total. The van der Waals surface area contributed by atoms with E-state index >= 15 is 0 Å². The van der Waals surface area contributed by atoms with Crippen LogP contribution in [0.4, 0.5) is 5.69 Å². The molecule has 4 heteroatoms. The second-order valence-corrected chi connectivity index (χ2v) is 5.79. The largest absolute Gasteiger partial charge is 0.398 e. The van der Waals surface area contributed by atoms with Crippen LogP contribution in [-0.2, 0) is 13.1 Å². The van der Waals surface area contributed by atoms with Crippen LogP contribution in [0.25, 0.3) is 0 Å². The van der Waals surface area contributed by atoms with Crippen LogP contribution in [0.2, 0.25) is 0 Å². The van der Waals surface area contributed by atoms with Crippen molar-refractivity contribution in [2.75, 3.05) is 12.8 Å². The fourth-order valence-electron chi connectivity index (χ4n) is 1.75. The first-order valence-corrected chi connectivity index (χ1v) is 7.12. The number of nitrogen functional groups attached to an aromatic ring is 1. The standard InChI is InChI=1S/C13H15BrN2S/c1-16(8-11-4-5-17-9-11)7-10-2-3-12(14)13(15)6-10/h2-6,9H,7-8,15H2,1H3. The van der Waals surface area contributed by atoms with Crippen molar-refractivity contribution < 1.29 is 0 Å². The molecule has 1 aromatic heterocycles. The van der Waals surface area contributed by atoms with Gasteiger partial charge in [-0.2, -0.15) is 11.3 Å². The summed E-state index contributed by atoms with van der Waals surface area (Å²) in [6.07, 6.45) is 0. The number of hydrogen-bond donors (Lipinski definition) is 1. The van der Waals surface area contributed by atoms with Gasteiger partial charge in [0.1, 0.15) is 0 Å². The van der Waals surface area contributed by atoms with Crippen LogP contribution in [0.15, 0.2) is 39.5 Å². The molecule has 0 unspecified atom stereocenters. The number of benzene rings is 1. The van der Waals surface area contributed by atoms with Crippen LogP contribution in [0, 0.1) is 0 Å². The van der Waals surface area contributed by atoms with E-state index in [0.717, 1.165) is 23.2 Å². The summed E-state index contributed by atoms with van der Waals surface area (Å²) in [5.74, 6) is 0. The molecule has 0 bridgehead atoms. The number of nitrogens with zero attached hydrogens (tertiary/aromatic N) is 1. The second-order valence-electron chi connectivity index (χ2n) is 4.16. The first-order valence-electron chi connectivity index (χ1n) is 5.38. The third-order valence-electron chi connectivity index (χ3n) is 2.55. The fourth-order valence-corrected chi connectivity index (χ4v) is 2.66. The Labute approximate surface area is 114 Å². The Balaban J connectivity index is 1.98. The van der Waals surface area contributed by atoms with E-state index in [2.05, 4.69) is 50.8 Å². The number of halogens is 1. The number of rotatable bonds is 4. The van der Waals surface area contributed by atoms with Gasteiger partial charge in [-0.1, -0.05) is 6.07 Å². The lowest BCUT2D eigenvalue weighted by molar-refractivity contribution is 0.319. The summed E-state index contributed by atoms with van der Waals surface area (Å²) in [5.41, 5.74) is 9.27. The van der Waals surface area contributed by atoms with Crippen molar-refractivity contribution in [1.82, 2.24) is 4.90 Å². The zero-order valence-electron chi connectivity index (χ0n) is 9.69. The first-order chi connectivity index (χ1) is 8.15. The van der Waals surface area contributed by atoms with E-state index in [1.54, 1.807) is 11.3 Å². The lowest BCUT2D eigenvalue weighted by Gasteiger charge is -2.16. The molecule has 0 fully saturated rings. The number of hydrogen-bond acceptors (Lipinski definition) is 3. The van der Waals surface area contributed by atoms with Gasteiger partial charge < -0.3 is 5.73 Å². The summed E-state index contributed by atoms with van der Waals surface area (Å²) in [4.78, 5) is 2.28. The Morgan fingerprint density at radius 2 is 2.00 bits per heavy atom. The van der Waals surface area contributed by atoms with E-state index in [9.17, 15) is 0 Å². The molecule has 0 atom stereocenters. The highest BCUT2D eigenvalue weighted by atomic mass is 79.9. The molecule has 1 heterocycles. The molecule has 0 aliphatic rings. The lowest BCUT2D eigenvalue weighted by atomic mass is 10.2. The fraction of sp³-hybridized carbons (Fsp3) is 0.231. The minimum atomic E-state index is 0.798. The molecular weight excluding hydrogens is 296 g/mol. The van der Waals surface area contributed by atoms with Crippen molar-refractivity contribution in [3.05, 3.63) is 50.6 Å². The summed E-state index contributed by atoms with van der Waals surface area (Å²) >= 11 is 5.15. The number of thiophene rings is 1. The first kappa shape index (κ1) is 12.6. The molecule has 0 saturated carbocycles. The van der Waals surface area contributed by atoms with Gasteiger partial charge in [-0.05, 0) is 63.1 Å². The molecule has 0 aliphatic carbocycles. The molecular formula is C13H15BrN2S. The SMILES string of the molecule is CN(Cc1ccsc1)Cc1ccc(Br)c(N)c1. The van der Waals surface area contributed by atoms with Crippen molar-refractivity contribution >= 4 is 33.0 Å². The Hall–Kier alpha value is -0.840. The second kappa shape index (κ2) is 5.67. The molecule has 0 amide bonds. The maximum absolute atomic E-state index is 5.87. The highest BCUT2D eigenvalue weighted by Gasteiger charge is 2.03. The van der Waals surface area contributed by atoms with Crippen LogP contribution in [0.3, 0.4) is 0 Å². The Bertz CT molecular complexity index is 482. The van der Waals surface area contributed by atoms with Crippen LogP contribution in [0.5, 0.6) is 0 Å². The van der Waals surface area contributed by atoms with Crippen LogP contribution in [-0.4, -0.2) is 11.9 Å². The third-order valence-corrected chi connectivity index (χ3v) is 4.00. The topological polar surface area (TPSA) is 29.3 Å². The van der Waals surface area contributed by atoms with Crippen LogP contribution < -0.4 is 5.73 Å². The number of nitrogens with two attached hydrogens (primary N) is 1. The summed E-state index contributed by atoms with van der Waals surface area (Å²) in [5, 5.41) is 4.30. The van der Waals surface area contributed by atoms with Gasteiger partial charge in [0.05, 0.1) is 0 Å². The van der Waals surface area contributed by atoms with Gasteiger partial charge in [-0.15, -0.1) is 0 Å². The quantitative estimate of drug-likeness (QED) is 0.872. The van der Waals surface area contributed by atoms with Crippen molar-refractivity contribution in [3.8, 4) is 0 Å². The zero-order valence-corrected chi connectivity index (χ0v) is 12.1. The minimum absolute atomic E-state index is 0.798. The summed E-state index contributed by atoms with van der Waals surface area (Å²) in [7, 11) is 2.12. The monoisotopic (exact) mass is 310 g/mol. The van der Waals surface area contributed by atoms with Gasteiger partial charge in [-0.25, -0.2) is 0 Å². The average Bonchev–Trinajstić information content (AvgIpc) is 2.76. The highest BCUT2D eigenvalue weighted by Crippen LogP contribution is 2.21. The number of anilines is 1. The third kappa shape index (κ3) is 3.56. The zero-order chi connectivity index (χ0) is 12.3. The van der Waals surface area contributed by atoms with E-state index in [1.165, 1.54) is 11.1 Å². The molecule has 0 radical (unpaired) electrons. The Morgan fingerprint density at radius 3 is 2.65 bits per heavy atom. The average molecular weight is 311 g/mol. The lowest BCUT2D eigenvalue weighted by Crippen LogP contribution is -2.16. The van der Waals surface area contributed by atoms with E-state index in [4.69, 9.17) is 5.73 Å². The maximum atomic E-state index is 5.87. The minimum Gasteiger partial charge on any atom is -0.398 e. The molecule has 1 aromatic carbocycles. The Morgan fingerprint density at radius 1 is 1.24 bits per heavy atom. The normalized spacial score (nSPS) is 11.0. The van der Waals surface area contributed by atoms with Gasteiger partial charge >= 0.3 is 0 Å². The van der Waals surface area contributed by atoms with Gasteiger partial charge in [0.25, 0.3) is 0 Å². The van der Waals surface area contributed by atoms with Gasteiger partial charge in [0.2, 0.25) is 0 Å². The maximum Gasteiger partial charge on any atom is 0.0461 e. The summed E-state index contributed by atoms with van der Waals surface area (Å²) < 4.78 is 0.960. The molecule has 0 spiro atoms. The van der Waals surface area contributed by atoms with Crippen molar-refractivity contribution in [2.45, 2.75) is 13.1 Å². The summed E-state index contributed by atoms with van der Waals surface area (Å²) in [6, 6.07) is 8.29. The van der Waals surface area contributed by atoms with E-state index in [0.29, 0.717) is 0 Å². The van der Waals surface area contributed by atoms with Gasteiger partial charge in [0, 0.05) is 23.2 Å². The highest BCUT2D eigenvalue weighted by molar-refractivity contribution is 9.10. The van der Waals surface area contributed by atoms with E-state index in [1.807, 2.05) is 12.1 Å².